The highest BCUT2D eigenvalue weighted by molar-refractivity contribution is 6.32. The smallest absolute Gasteiger partial charge is 0.161 e. The molecule has 18 heavy (non-hydrogen) atoms. The summed E-state index contributed by atoms with van der Waals surface area (Å²) >= 11 is 6.14. The molecule has 0 aliphatic carbocycles. The predicted molar refractivity (Wildman–Crippen MR) is 69.0 cm³/mol. The number of hydrogen-bond acceptors (Lipinski definition) is 4. The van der Waals surface area contributed by atoms with E-state index < -0.39 is 0 Å². The Morgan fingerprint density at radius 3 is 3.11 bits per heavy atom. The molecule has 1 aromatic heterocycles. The van der Waals surface area contributed by atoms with Crippen molar-refractivity contribution < 1.29 is 4.74 Å². The van der Waals surface area contributed by atoms with Crippen molar-refractivity contribution in [1.82, 2.24) is 14.8 Å². The zero-order valence-electron chi connectivity index (χ0n) is 10.0. The summed E-state index contributed by atoms with van der Waals surface area (Å²) in [6.45, 7) is 2.15. The van der Waals surface area contributed by atoms with E-state index in [-0.39, 0.29) is 0 Å². The van der Waals surface area contributed by atoms with Gasteiger partial charge in [-0.25, -0.2) is 0 Å². The molecular formula is C12H13ClN4O. The van der Waals surface area contributed by atoms with E-state index in [1.165, 1.54) is 0 Å². The molecule has 0 unspecified atom stereocenters. The van der Waals surface area contributed by atoms with Gasteiger partial charge in [-0.1, -0.05) is 17.7 Å². The van der Waals surface area contributed by atoms with Gasteiger partial charge in [0, 0.05) is 7.05 Å². The van der Waals surface area contributed by atoms with Crippen LogP contribution in [0, 0.1) is 0 Å². The Hall–Kier alpha value is -1.75. The molecule has 0 radical (unpaired) electrons. The second-order valence-corrected chi connectivity index (χ2v) is 4.62. The normalized spacial score (nSPS) is 14.2. The van der Waals surface area contributed by atoms with Crippen LogP contribution in [0.15, 0.2) is 24.5 Å². The second kappa shape index (κ2) is 4.49. The molecule has 1 aliphatic rings. The molecule has 0 atom stereocenters. The van der Waals surface area contributed by atoms with Gasteiger partial charge in [-0.05, 0) is 12.1 Å². The van der Waals surface area contributed by atoms with E-state index >= 15 is 0 Å². The van der Waals surface area contributed by atoms with Gasteiger partial charge in [-0.2, -0.15) is 0 Å². The third-order valence-corrected chi connectivity index (χ3v) is 3.33. The summed E-state index contributed by atoms with van der Waals surface area (Å²) < 4.78 is 7.53. The van der Waals surface area contributed by atoms with E-state index in [1.54, 1.807) is 6.33 Å². The predicted octanol–water partition coefficient (Wildman–Crippen LogP) is 1.87. The molecule has 3 rings (SSSR count). The minimum absolute atomic E-state index is 0.634. The Bertz CT molecular complexity index is 569. The maximum atomic E-state index is 6.14. The molecular weight excluding hydrogens is 252 g/mol. The number of fused-ring (bicyclic) bond motifs is 1. The lowest BCUT2D eigenvalue weighted by atomic mass is 10.2. The summed E-state index contributed by atoms with van der Waals surface area (Å²) in [5.74, 6) is 1.68. The minimum Gasteiger partial charge on any atom is -0.488 e. The zero-order chi connectivity index (χ0) is 12.5. The van der Waals surface area contributed by atoms with Crippen LogP contribution >= 0.6 is 11.6 Å². The van der Waals surface area contributed by atoms with Crippen LogP contribution in [0.25, 0.3) is 0 Å². The summed E-state index contributed by atoms with van der Waals surface area (Å²) in [6, 6.07) is 5.78. The number of rotatable bonds is 2. The Labute approximate surface area is 110 Å². The van der Waals surface area contributed by atoms with Crippen molar-refractivity contribution in [1.29, 1.82) is 0 Å². The molecule has 2 heterocycles. The average molecular weight is 265 g/mol. The number of ether oxygens (including phenoxy) is 1. The standard InChI is InChI=1S/C12H13ClN4O/c1-16-8-14-15-11(16)7-17-5-6-18-12-9(13)3-2-4-10(12)17/h2-4,8H,5-7H2,1H3. The summed E-state index contributed by atoms with van der Waals surface area (Å²) in [7, 11) is 1.94. The van der Waals surface area contributed by atoms with Crippen LogP contribution in [0.1, 0.15) is 5.82 Å². The second-order valence-electron chi connectivity index (χ2n) is 4.22. The fourth-order valence-corrected chi connectivity index (χ4v) is 2.28. The quantitative estimate of drug-likeness (QED) is 0.831. The van der Waals surface area contributed by atoms with Crippen LogP contribution < -0.4 is 9.64 Å². The lowest BCUT2D eigenvalue weighted by Gasteiger charge is -2.31. The number of hydrogen-bond donors (Lipinski definition) is 0. The van der Waals surface area contributed by atoms with Gasteiger partial charge < -0.3 is 14.2 Å². The maximum Gasteiger partial charge on any atom is 0.161 e. The number of benzene rings is 1. The molecule has 6 heteroatoms. The van der Waals surface area contributed by atoms with Gasteiger partial charge >= 0.3 is 0 Å². The first-order valence-electron chi connectivity index (χ1n) is 5.75. The zero-order valence-corrected chi connectivity index (χ0v) is 10.8. The molecule has 0 N–H and O–H groups in total. The van der Waals surface area contributed by atoms with E-state index in [0.717, 1.165) is 23.8 Å². The highest BCUT2D eigenvalue weighted by Crippen LogP contribution is 2.38. The Morgan fingerprint density at radius 2 is 2.33 bits per heavy atom. The van der Waals surface area contributed by atoms with E-state index in [1.807, 2.05) is 29.8 Å². The van der Waals surface area contributed by atoms with Gasteiger partial charge in [0.1, 0.15) is 12.9 Å². The van der Waals surface area contributed by atoms with E-state index in [4.69, 9.17) is 16.3 Å². The van der Waals surface area contributed by atoms with Gasteiger partial charge in [-0.15, -0.1) is 10.2 Å². The Morgan fingerprint density at radius 1 is 1.44 bits per heavy atom. The third-order valence-electron chi connectivity index (χ3n) is 3.03. The molecule has 0 amide bonds. The molecule has 0 spiro atoms. The summed E-state index contributed by atoms with van der Waals surface area (Å²) in [5.41, 5.74) is 1.01. The van der Waals surface area contributed by atoms with Crippen molar-refractivity contribution in [3.63, 3.8) is 0 Å². The lowest BCUT2D eigenvalue weighted by Crippen LogP contribution is -2.33. The Kier molecular flexibility index (Phi) is 2.83. The van der Waals surface area contributed by atoms with Crippen molar-refractivity contribution in [2.24, 2.45) is 7.05 Å². The Balaban J connectivity index is 1.92. The van der Waals surface area contributed by atoms with Crippen LogP contribution in [-0.2, 0) is 13.6 Å². The fourth-order valence-electron chi connectivity index (χ4n) is 2.05. The molecule has 0 fully saturated rings. The minimum atomic E-state index is 0.634. The van der Waals surface area contributed by atoms with Gasteiger partial charge in [0.25, 0.3) is 0 Å². The first kappa shape index (κ1) is 11.3. The molecule has 2 aromatic rings. The van der Waals surface area contributed by atoms with Crippen LogP contribution in [0.2, 0.25) is 5.02 Å². The molecule has 5 nitrogen and oxygen atoms in total. The molecule has 0 saturated heterocycles. The first-order chi connectivity index (χ1) is 8.75. The molecule has 1 aliphatic heterocycles. The highest BCUT2D eigenvalue weighted by atomic mass is 35.5. The van der Waals surface area contributed by atoms with Crippen molar-refractivity contribution in [3.05, 3.63) is 35.4 Å². The van der Waals surface area contributed by atoms with Crippen molar-refractivity contribution in [3.8, 4) is 5.75 Å². The van der Waals surface area contributed by atoms with Gasteiger partial charge in [0.2, 0.25) is 0 Å². The van der Waals surface area contributed by atoms with E-state index in [9.17, 15) is 0 Å². The molecule has 0 bridgehead atoms. The van der Waals surface area contributed by atoms with Gasteiger partial charge in [0.15, 0.2) is 11.6 Å². The van der Waals surface area contributed by atoms with Crippen LogP contribution in [0.4, 0.5) is 5.69 Å². The number of para-hydroxylation sites is 1. The van der Waals surface area contributed by atoms with Crippen molar-refractivity contribution in [2.75, 3.05) is 18.1 Å². The number of nitrogens with zero attached hydrogens (tertiary/aromatic N) is 4. The number of halogens is 1. The fraction of sp³-hybridized carbons (Fsp3) is 0.333. The maximum absolute atomic E-state index is 6.14. The molecule has 1 aromatic carbocycles. The topological polar surface area (TPSA) is 43.2 Å². The van der Waals surface area contributed by atoms with Crippen LogP contribution in [0.5, 0.6) is 5.75 Å². The van der Waals surface area contributed by atoms with Crippen LogP contribution in [-0.4, -0.2) is 27.9 Å². The molecule has 0 saturated carbocycles. The van der Waals surface area contributed by atoms with Crippen molar-refractivity contribution in [2.45, 2.75) is 6.54 Å². The monoisotopic (exact) mass is 264 g/mol. The van der Waals surface area contributed by atoms with Crippen molar-refractivity contribution >= 4 is 17.3 Å². The largest absolute Gasteiger partial charge is 0.488 e. The number of aromatic nitrogens is 3. The SMILES string of the molecule is Cn1cnnc1CN1CCOc2c(Cl)cccc21. The van der Waals surface area contributed by atoms with E-state index in [2.05, 4.69) is 15.1 Å². The summed E-state index contributed by atoms with van der Waals surface area (Å²) in [4.78, 5) is 2.20. The summed E-state index contributed by atoms with van der Waals surface area (Å²) in [5, 5.41) is 8.64. The highest BCUT2D eigenvalue weighted by Gasteiger charge is 2.21. The van der Waals surface area contributed by atoms with E-state index in [0.29, 0.717) is 18.2 Å². The van der Waals surface area contributed by atoms with Gasteiger partial charge in [-0.3, -0.25) is 0 Å². The number of anilines is 1. The van der Waals surface area contributed by atoms with Crippen LogP contribution in [0.3, 0.4) is 0 Å². The third kappa shape index (κ3) is 1.90. The first-order valence-corrected chi connectivity index (χ1v) is 6.12. The lowest BCUT2D eigenvalue weighted by molar-refractivity contribution is 0.306. The molecule has 94 valence electrons. The average Bonchev–Trinajstić information content (AvgIpc) is 2.77. The van der Waals surface area contributed by atoms with Gasteiger partial charge in [0.05, 0.1) is 23.8 Å². The number of aryl methyl sites for hydroxylation is 1. The summed E-state index contributed by atoms with van der Waals surface area (Å²) in [6.07, 6.45) is 1.70.